The highest BCUT2D eigenvalue weighted by Crippen LogP contribution is 2.09. The third-order valence-corrected chi connectivity index (χ3v) is 1.30. The fourth-order valence-corrected chi connectivity index (χ4v) is 0.724. The number of benzene rings is 1. The molecule has 0 aliphatic carbocycles. The molecule has 0 saturated carbocycles. The lowest BCUT2D eigenvalue weighted by Crippen LogP contribution is -2.03. The van der Waals surface area contributed by atoms with Crippen LogP contribution in [0.2, 0.25) is 0 Å². The zero-order chi connectivity index (χ0) is 8.81. The molecule has 3 heteroatoms. The van der Waals surface area contributed by atoms with Crippen LogP contribution in [0.25, 0.3) is 0 Å². The highest BCUT2D eigenvalue weighted by atomic mass is 19.1. The van der Waals surface area contributed by atoms with Crippen molar-refractivity contribution in [2.75, 3.05) is 20.3 Å². The molecule has 0 heterocycles. The number of ether oxygens (including phenoxy) is 2. The van der Waals surface area contributed by atoms with Gasteiger partial charge in [-0.15, -0.1) is 0 Å². The van der Waals surface area contributed by atoms with E-state index in [0.717, 1.165) is 0 Å². The van der Waals surface area contributed by atoms with Crippen molar-refractivity contribution >= 4 is 0 Å². The molecule has 1 aromatic carbocycles. The molecule has 12 heavy (non-hydrogen) atoms. The molecular formula is C9H10FO2. The van der Waals surface area contributed by atoms with Crippen LogP contribution >= 0.6 is 0 Å². The van der Waals surface area contributed by atoms with Crippen LogP contribution in [0, 0.1) is 11.9 Å². The Balaban J connectivity index is 2.37. The molecule has 0 aliphatic heterocycles. The van der Waals surface area contributed by atoms with Gasteiger partial charge in [-0.2, -0.15) is 0 Å². The summed E-state index contributed by atoms with van der Waals surface area (Å²) in [5.74, 6) is 0.225. The lowest BCUT2D eigenvalue weighted by atomic mass is 10.3. The molecule has 0 unspecified atom stereocenters. The van der Waals surface area contributed by atoms with Crippen LogP contribution in [-0.4, -0.2) is 20.3 Å². The van der Waals surface area contributed by atoms with Crippen LogP contribution < -0.4 is 4.74 Å². The van der Waals surface area contributed by atoms with Gasteiger partial charge in [0.25, 0.3) is 0 Å². The third-order valence-electron chi connectivity index (χ3n) is 1.30. The Morgan fingerprint density at radius 2 is 2.25 bits per heavy atom. The minimum absolute atomic E-state index is 0.380. The average molecular weight is 169 g/mol. The van der Waals surface area contributed by atoms with Crippen LogP contribution in [-0.2, 0) is 4.74 Å². The predicted octanol–water partition coefficient (Wildman–Crippen LogP) is 1.65. The van der Waals surface area contributed by atoms with Crippen molar-refractivity contribution in [1.82, 2.24) is 0 Å². The molecule has 0 atom stereocenters. The van der Waals surface area contributed by atoms with Crippen LogP contribution in [0.4, 0.5) is 4.39 Å². The fourth-order valence-electron chi connectivity index (χ4n) is 0.724. The maximum absolute atomic E-state index is 12.3. The molecule has 0 aliphatic rings. The van der Waals surface area contributed by atoms with Gasteiger partial charge in [-0.25, -0.2) is 4.39 Å². The highest BCUT2D eigenvalue weighted by molar-refractivity contribution is 5.20. The summed E-state index contributed by atoms with van der Waals surface area (Å²) in [6, 6.07) is 6.72. The first kappa shape index (κ1) is 9.00. The second-order valence-electron chi connectivity index (χ2n) is 2.21. The van der Waals surface area contributed by atoms with Gasteiger partial charge in [-0.05, 0) is 18.2 Å². The molecule has 1 aromatic rings. The lowest BCUT2D eigenvalue weighted by Gasteiger charge is -2.03. The largest absolute Gasteiger partial charge is 0.491 e. The Bertz CT molecular complexity index is 220. The highest BCUT2D eigenvalue weighted by Gasteiger charge is 1.93. The molecule has 65 valence electrons. The summed E-state index contributed by atoms with van der Waals surface area (Å²) in [5, 5.41) is 0. The van der Waals surface area contributed by atoms with Gasteiger partial charge in [0.2, 0.25) is 0 Å². The summed E-state index contributed by atoms with van der Waals surface area (Å²) in [5.41, 5.74) is 0. The van der Waals surface area contributed by atoms with Crippen molar-refractivity contribution in [3.05, 3.63) is 30.1 Å². The molecule has 1 radical (unpaired) electrons. The van der Waals surface area contributed by atoms with Crippen molar-refractivity contribution in [1.29, 1.82) is 0 Å². The number of rotatable bonds is 4. The quantitative estimate of drug-likeness (QED) is 0.638. The van der Waals surface area contributed by atoms with E-state index in [0.29, 0.717) is 19.0 Å². The van der Waals surface area contributed by atoms with E-state index in [2.05, 4.69) is 6.07 Å². The van der Waals surface area contributed by atoms with Crippen molar-refractivity contribution in [2.24, 2.45) is 0 Å². The van der Waals surface area contributed by atoms with E-state index in [4.69, 9.17) is 9.47 Å². The number of halogens is 1. The number of hydrogen-bond acceptors (Lipinski definition) is 2. The summed E-state index contributed by atoms with van der Waals surface area (Å²) in [6.45, 7) is 0.993. The number of methoxy groups -OCH3 is 1. The first-order chi connectivity index (χ1) is 5.83. The maximum atomic E-state index is 12.3. The van der Waals surface area contributed by atoms with Gasteiger partial charge < -0.3 is 9.47 Å². The predicted molar refractivity (Wildman–Crippen MR) is 42.6 cm³/mol. The van der Waals surface area contributed by atoms with Gasteiger partial charge >= 0.3 is 0 Å². The Morgan fingerprint density at radius 3 is 2.83 bits per heavy atom. The van der Waals surface area contributed by atoms with Crippen LogP contribution in [0.1, 0.15) is 0 Å². The van der Waals surface area contributed by atoms with Crippen molar-refractivity contribution in [3.8, 4) is 5.75 Å². The average Bonchev–Trinajstić information content (AvgIpc) is 2.09. The topological polar surface area (TPSA) is 18.5 Å². The van der Waals surface area contributed by atoms with Gasteiger partial charge in [0, 0.05) is 13.2 Å². The van der Waals surface area contributed by atoms with Crippen molar-refractivity contribution in [2.45, 2.75) is 0 Å². The maximum Gasteiger partial charge on any atom is 0.131 e. The minimum Gasteiger partial charge on any atom is -0.491 e. The first-order valence-electron chi connectivity index (χ1n) is 3.62. The van der Waals surface area contributed by atoms with E-state index < -0.39 is 0 Å². The van der Waals surface area contributed by atoms with E-state index in [9.17, 15) is 4.39 Å². The summed E-state index contributed by atoms with van der Waals surface area (Å²) >= 11 is 0. The molecule has 0 aromatic heterocycles. The van der Waals surface area contributed by atoms with Gasteiger partial charge in [0.1, 0.15) is 18.2 Å². The zero-order valence-corrected chi connectivity index (χ0v) is 6.84. The molecule has 1 rings (SSSR count). The van der Waals surface area contributed by atoms with Gasteiger partial charge in [0.05, 0.1) is 6.61 Å². The smallest absolute Gasteiger partial charge is 0.131 e. The van der Waals surface area contributed by atoms with Gasteiger partial charge in [0.15, 0.2) is 0 Å². The summed E-state index contributed by atoms with van der Waals surface area (Å²) in [4.78, 5) is 0. The second-order valence-corrected chi connectivity index (χ2v) is 2.21. The minimum atomic E-state index is -0.380. The molecule has 0 bridgehead atoms. The summed E-state index contributed by atoms with van der Waals surface area (Å²) < 4.78 is 22.3. The molecule has 0 spiro atoms. The lowest BCUT2D eigenvalue weighted by molar-refractivity contribution is 0.146. The molecule has 0 amide bonds. The van der Waals surface area contributed by atoms with E-state index in [1.807, 2.05) is 0 Å². The Labute approximate surface area is 70.9 Å². The monoisotopic (exact) mass is 169 g/mol. The van der Waals surface area contributed by atoms with E-state index >= 15 is 0 Å². The molecule has 0 N–H and O–H groups in total. The third kappa shape index (κ3) is 2.88. The standard InChI is InChI=1S/C9H10FO2/c1-11-6-7-12-9-4-2-8(10)3-5-9/h2,4-5H,6-7H2,1H3. The van der Waals surface area contributed by atoms with Crippen LogP contribution in [0.3, 0.4) is 0 Å². The van der Waals surface area contributed by atoms with E-state index in [-0.39, 0.29) is 5.82 Å². The molecular weight excluding hydrogens is 159 g/mol. The van der Waals surface area contributed by atoms with E-state index in [1.165, 1.54) is 12.1 Å². The van der Waals surface area contributed by atoms with Crippen LogP contribution in [0.15, 0.2) is 18.2 Å². The molecule has 2 nitrogen and oxygen atoms in total. The fraction of sp³-hybridized carbons (Fsp3) is 0.333. The van der Waals surface area contributed by atoms with Crippen molar-refractivity contribution < 1.29 is 13.9 Å². The van der Waals surface area contributed by atoms with Gasteiger partial charge in [-0.1, -0.05) is 0 Å². The summed E-state index contributed by atoms with van der Waals surface area (Å²) in [6.07, 6.45) is 0. The van der Waals surface area contributed by atoms with Crippen LogP contribution in [0.5, 0.6) is 5.75 Å². The molecule has 0 fully saturated rings. The number of hydrogen-bond donors (Lipinski definition) is 0. The van der Waals surface area contributed by atoms with Crippen molar-refractivity contribution in [3.63, 3.8) is 0 Å². The Morgan fingerprint density at radius 1 is 1.42 bits per heavy atom. The van der Waals surface area contributed by atoms with E-state index in [1.54, 1.807) is 13.2 Å². The molecule has 0 saturated heterocycles. The Kier molecular flexibility index (Phi) is 3.54. The normalized spacial score (nSPS) is 9.83. The Hall–Kier alpha value is -1.09. The van der Waals surface area contributed by atoms with Gasteiger partial charge in [-0.3, -0.25) is 0 Å². The second kappa shape index (κ2) is 4.72. The first-order valence-corrected chi connectivity index (χ1v) is 3.62. The summed E-state index contributed by atoms with van der Waals surface area (Å²) in [7, 11) is 1.60. The SMILES string of the molecule is COCCOc1c[c]c(F)cc1. The zero-order valence-electron chi connectivity index (χ0n) is 6.84.